The van der Waals surface area contributed by atoms with Crippen LogP contribution in [0.25, 0.3) is 11.0 Å². The first-order valence-electron chi connectivity index (χ1n) is 13.9. The Morgan fingerprint density at radius 2 is 1.54 bits per heavy atom. The molecule has 194 valence electrons. The Kier molecular flexibility index (Phi) is 6.67. The lowest BCUT2D eigenvalue weighted by molar-refractivity contribution is 0.0498. The van der Waals surface area contributed by atoms with Gasteiger partial charge in [-0.05, 0) is 56.7 Å². The van der Waals surface area contributed by atoms with E-state index in [4.69, 9.17) is 0 Å². The number of para-hydroxylation sites is 2. The molecule has 2 N–H and O–H groups in total. The molecule has 3 fully saturated rings. The van der Waals surface area contributed by atoms with Crippen LogP contribution in [0.15, 0.2) is 52.2 Å². The van der Waals surface area contributed by atoms with Crippen molar-refractivity contribution in [2.75, 3.05) is 5.32 Å². The molecule has 2 bridgehead atoms. The van der Waals surface area contributed by atoms with Gasteiger partial charge in [0.15, 0.2) is 5.82 Å². The third-order valence-corrected chi connectivity index (χ3v) is 8.70. The smallest absolute Gasteiger partial charge is 0.294 e. The molecule has 1 unspecified atom stereocenters. The molecule has 2 aliphatic heterocycles. The Morgan fingerprint density at radius 1 is 0.838 bits per heavy atom. The maximum atomic E-state index is 13.8. The van der Waals surface area contributed by atoms with Gasteiger partial charge in [0.1, 0.15) is 0 Å². The van der Waals surface area contributed by atoms with Crippen molar-refractivity contribution in [2.45, 2.75) is 94.8 Å². The highest BCUT2D eigenvalue weighted by molar-refractivity contribution is 6.03. The van der Waals surface area contributed by atoms with Gasteiger partial charge in [-0.15, -0.1) is 0 Å². The summed E-state index contributed by atoms with van der Waals surface area (Å²) in [5.41, 5.74) is 1.22. The van der Waals surface area contributed by atoms with E-state index in [1.165, 1.54) is 76.1 Å². The second-order valence-corrected chi connectivity index (χ2v) is 11.0. The molecule has 2 aromatic heterocycles. The Labute approximate surface area is 216 Å². The molecule has 37 heavy (non-hydrogen) atoms. The number of hydrogen-bond acceptors (Lipinski definition) is 5. The molecule has 0 spiro atoms. The number of aromatic amines is 1. The summed E-state index contributed by atoms with van der Waals surface area (Å²) in [5.74, 6) is -0.438. The number of nitrogens with zero attached hydrogens (tertiary/aromatic N) is 3. The number of fused-ring (bicyclic) bond motifs is 3. The number of amides is 1. The zero-order valence-corrected chi connectivity index (χ0v) is 21.2. The minimum atomic E-state index is -0.471. The monoisotopic (exact) mass is 501 g/mol. The Balaban J connectivity index is 1.31. The summed E-state index contributed by atoms with van der Waals surface area (Å²) < 4.78 is 1.89. The lowest BCUT2D eigenvalue weighted by Gasteiger charge is -2.45. The van der Waals surface area contributed by atoms with Gasteiger partial charge in [0.05, 0.1) is 16.6 Å². The zero-order chi connectivity index (χ0) is 25.4. The number of benzene rings is 1. The molecule has 1 aromatic carbocycles. The topological polar surface area (TPSA) is 100 Å². The highest BCUT2D eigenvalue weighted by Gasteiger charge is 2.44. The first-order chi connectivity index (χ1) is 18.1. The number of hydrogen-bond donors (Lipinski definition) is 2. The number of piperidine rings is 1. The number of H-pyrrole nitrogens is 1. The summed E-state index contributed by atoms with van der Waals surface area (Å²) >= 11 is 0. The van der Waals surface area contributed by atoms with Crippen LogP contribution in [0.4, 0.5) is 5.82 Å². The molecule has 3 aromatic rings. The predicted octanol–water partition coefficient (Wildman–Crippen LogP) is 4.62. The van der Waals surface area contributed by atoms with E-state index in [1.54, 1.807) is 0 Å². The number of carbonyl (C=O) groups is 1. The molecule has 4 heterocycles. The maximum absolute atomic E-state index is 13.8. The maximum Gasteiger partial charge on any atom is 0.294 e. The summed E-state index contributed by atoms with van der Waals surface area (Å²) in [6.45, 7) is 0. The van der Waals surface area contributed by atoms with Crippen LogP contribution in [-0.2, 0) is 0 Å². The van der Waals surface area contributed by atoms with Gasteiger partial charge < -0.3 is 14.9 Å². The summed E-state index contributed by atoms with van der Waals surface area (Å²) in [6.07, 6.45) is 15.0. The summed E-state index contributed by atoms with van der Waals surface area (Å²) in [7, 11) is 0. The minimum absolute atomic E-state index is 0.0321. The fourth-order valence-corrected chi connectivity index (χ4v) is 7.05. The van der Waals surface area contributed by atoms with Crippen LogP contribution in [-0.4, -0.2) is 43.5 Å². The average molecular weight is 502 g/mol. The van der Waals surface area contributed by atoms with Crippen molar-refractivity contribution in [2.24, 2.45) is 0 Å². The van der Waals surface area contributed by atoms with Crippen molar-refractivity contribution < 1.29 is 4.79 Å². The molecule has 3 atom stereocenters. The van der Waals surface area contributed by atoms with Crippen molar-refractivity contribution in [3.63, 3.8) is 0 Å². The van der Waals surface area contributed by atoms with Gasteiger partial charge in [-0.3, -0.25) is 19.3 Å². The van der Waals surface area contributed by atoms with Crippen LogP contribution >= 0.6 is 0 Å². The largest absolute Gasteiger partial charge is 0.328 e. The summed E-state index contributed by atoms with van der Waals surface area (Å²) in [6, 6.07) is 12.2. The molecule has 6 rings (SSSR count). The number of pyridine rings is 1. The van der Waals surface area contributed by atoms with E-state index in [1.807, 2.05) is 28.8 Å². The molecule has 3 aliphatic rings. The number of nitrogens with one attached hydrogen (secondary N) is 2. The van der Waals surface area contributed by atoms with Crippen LogP contribution in [0.3, 0.4) is 0 Å². The first-order valence-corrected chi connectivity index (χ1v) is 13.9. The third kappa shape index (κ3) is 4.75. The molecular weight excluding hydrogens is 466 g/mol. The van der Waals surface area contributed by atoms with E-state index in [2.05, 4.69) is 20.2 Å². The molecular formula is C29H35N5O3. The fraction of sp³-hybridized carbons (Fsp3) is 0.517. The molecule has 8 heteroatoms. The Morgan fingerprint density at radius 3 is 2.24 bits per heavy atom. The fourth-order valence-electron chi connectivity index (χ4n) is 7.05. The molecule has 2 saturated heterocycles. The van der Waals surface area contributed by atoms with Gasteiger partial charge in [0.25, 0.3) is 11.5 Å². The van der Waals surface area contributed by atoms with Gasteiger partial charge >= 0.3 is 0 Å². The van der Waals surface area contributed by atoms with Gasteiger partial charge in [-0.25, -0.2) is 4.98 Å². The molecule has 8 nitrogen and oxygen atoms in total. The van der Waals surface area contributed by atoms with Crippen molar-refractivity contribution in [3.05, 3.63) is 68.9 Å². The van der Waals surface area contributed by atoms with Crippen molar-refractivity contribution in [3.8, 4) is 0 Å². The second kappa shape index (κ2) is 10.2. The normalized spacial score (nSPS) is 25.0. The van der Waals surface area contributed by atoms with Crippen molar-refractivity contribution >= 4 is 22.8 Å². The second-order valence-electron chi connectivity index (χ2n) is 11.0. The quantitative estimate of drug-likeness (QED) is 0.544. The van der Waals surface area contributed by atoms with Crippen molar-refractivity contribution in [1.82, 2.24) is 19.4 Å². The Bertz CT molecular complexity index is 1370. The van der Waals surface area contributed by atoms with Crippen LogP contribution in [0.5, 0.6) is 0 Å². The number of rotatable bonds is 4. The lowest BCUT2D eigenvalue weighted by Crippen LogP contribution is -2.50. The Hall–Kier alpha value is -3.26. The van der Waals surface area contributed by atoms with Crippen molar-refractivity contribution in [1.29, 1.82) is 0 Å². The third-order valence-electron chi connectivity index (χ3n) is 8.70. The number of anilines is 1. The van der Waals surface area contributed by atoms with E-state index in [9.17, 15) is 14.4 Å². The van der Waals surface area contributed by atoms with Gasteiger partial charge in [0, 0.05) is 36.4 Å². The predicted molar refractivity (Wildman–Crippen MR) is 144 cm³/mol. The van der Waals surface area contributed by atoms with E-state index in [0.29, 0.717) is 23.6 Å². The van der Waals surface area contributed by atoms with Crippen LogP contribution in [0.2, 0.25) is 0 Å². The van der Waals surface area contributed by atoms with Gasteiger partial charge in [-0.1, -0.05) is 44.2 Å². The average Bonchev–Trinajstić information content (AvgIpc) is 3.13. The minimum Gasteiger partial charge on any atom is -0.328 e. The molecule has 1 aliphatic carbocycles. The van der Waals surface area contributed by atoms with E-state index >= 15 is 0 Å². The zero-order valence-electron chi connectivity index (χ0n) is 21.2. The van der Waals surface area contributed by atoms with E-state index < -0.39 is 5.91 Å². The van der Waals surface area contributed by atoms with Crippen LogP contribution < -0.4 is 16.4 Å². The number of carbonyl (C=O) groups excluding carboxylic acids is 1. The van der Waals surface area contributed by atoms with Gasteiger partial charge in [0.2, 0.25) is 5.56 Å². The molecule has 0 radical (unpaired) electrons. The van der Waals surface area contributed by atoms with E-state index in [0.717, 1.165) is 18.4 Å². The van der Waals surface area contributed by atoms with Gasteiger partial charge in [-0.2, -0.15) is 0 Å². The summed E-state index contributed by atoms with van der Waals surface area (Å²) in [4.78, 5) is 47.9. The van der Waals surface area contributed by atoms with Crippen LogP contribution in [0, 0.1) is 0 Å². The summed E-state index contributed by atoms with van der Waals surface area (Å²) in [5, 5.41) is 2.71. The standard InChI is InChI=1S/C29H35N5O3/c35-26-15-12-19(18-30-26)28(36)32-27-29(37)34(25-11-7-6-10-24(25)31-27)23-16-21-13-14-22(17-23)33(21)20-8-4-2-1-3-5-9-20/h6-7,10-12,15,18,20-23H,1-5,8-9,13-14,16-17H2,(H,30,35)(H,31,32,36)/t21-,22?,23+/m0/s1. The first kappa shape index (κ1) is 24.1. The lowest BCUT2D eigenvalue weighted by atomic mass is 9.89. The van der Waals surface area contributed by atoms with E-state index in [-0.39, 0.29) is 28.5 Å². The highest BCUT2D eigenvalue weighted by Crippen LogP contribution is 2.44. The highest BCUT2D eigenvalue weighted by atomic mass is 16.2. The number of aromatic nitrogens is 3. The SMILES string of the molecule is O=C(Nc1nc2ccccc2n([C@H]2CC3CC[C@@H](C2)N3C2CCCCCCC2)c1=O)c1ccc(=O)[nH]c1. The van der Waals surface area contributed by atoms with Crippen LogP contribution in [0.1, 0.15) is 87.0 Å². The molecule has 1 amide bonds. The molecule has 1 saturated carbocycles.